The summed E-state index contributed by atoms with van der Waals surface area (Å²) in [7, 11) is 0. The van der Waals surface area contributed by atoms with Crippen LogP contribution < -0.4 is 0 Å². The molecule has 0 N–H and O–H groups in total. The molecule has 22 aromatic rings. The Morgan fingerprint density at radius 3 is 1.07 bits per heavy atom. The lowest BCUT2D eigenvalue weighted by molar-refractivity contribution is 0.670. The molecule has 0 bridgehead atoms. The largest absolute Gasteiger partial charge is 0.455 e. The van der Waals surface area contributed by atoms with Gasteiger partial charge in [-0.25, -0.2) is 29.9 Å². The Hall–Kier alpha value is -14.8. The molecule has 0 spiro atoms. The van der Waals surface area contributed by atoms with Gasteiger partial charge in [0.05, 0.1) is 22.1 Å². The molecule has 0 aliphatic heterocycles. The number of rotatable bonds is 13. The normalized spacial score (nSPS) is 11.8. The van der Waals surface area contributed by atoms with E-state index in [1.165, 1.54) is 36.9 Å². The number of fused-ring (bicyclic) bond motifs is 12. The molecule has 0 aliphatic carbocycles. The van der Waals surface area contributed by atoms with Crippen LogP contribution in [0.25, 0.3) is 221 Å². The fraction of sp³-hybridized carbons (Fsp3) is 0. The summed E-state index contributed by atoms with van der Waals surface area (Å²) in [5.41, 5.74) is 24.7. The minimum absolute atomic E-state index is 0.578. The van der Waals surface area contributed by atoms with Crippen molar-refractivity contribution in [1.82, 2.24) is 39.0 Å². The molecule has 10 heteroatoms. The van der Waals surface area contributed by atoms with E-state index >= 15 is 0 Å². The van der Waals surface area contributed by atoms with Crippen LogP contribution in [0.2, 0.25) is 0 Å². The minimum atomic E-state index is 0.578. The molecule has 9 nitrogen and oxygen atoms in total. The van der Waals surface area contributed by atoms with Crippen LogP contribution in [0.5, 0.6) is 0 Å². The quantitative estimate of drug-likeness (QED) is 0.113. The molecule has 0 aliphatic rings. The molecular formula is C102H62N8OS. The van der Waals surface area contributed by atoms with Gasteiger partial charge in [-0.3, -0.25) is 0 Å². The predicted octanol–water partition coefficient (Wildman–Crippen LogP) is 26.9. The van der Waals surface area contributed by atoms with Crippen LogP contribution in [0, 0.1) is 0 Å². The average Bonchev–Trinajstić information content (AvgIpc) is 1.59. The smallest absolute Gasteiger partial charge is 0.164 e. The van der Waals surface area contributed by atoms with Gasteiger partial charge >= 0.3 is 0 Å². The van der Waals surface area contributed by atoms with Gasteiger partial charge in [0.1, 0.15) is 11.2 Å². The molecular weight excluding hydrogens is 1390 g/mol. The van der Waals surface area contributed by atoms with Crippen molar-refractivity contribution >= 4 is 97.1 Å². The fourth-order valence-electron chi connectivity index (χ4n) is 16.4. The summed E-state index contributed by atoms with van der Waals surface area (Å²) >= 11 is 1.87. The lowest BCUT2D eigenvalue weighted by atomic mass is 9.96. The van der Waals surface area contributed by atoms with E-state index in [1.54, 1.807) is 0 Å². The van der Waals surface area contributed by atoms with Gasteiger partial charge in [-0.1, -0.05) is 279 Å². The second kappa shape index (κ2) is 26.5. The third kappa shape index (κ3) is 11.1. The van der Waals surface area contributed by atoms with Crippen molar-refractivity contribution in [3.63, 3.8) is 0 Å². The standard InChI is InChI=1S/C102H62N8OS/c1-7-23-63(24-8-1)80-40-22-42-84-88-60-72(48-54-94(88)112-96(80)84)70-46-52-90-86(58-70)82-50-44-76(62-92(82)110(90)78-37-17-6-18-38-78)102-107-99(66-29-13-4-14-30-66)104-100(108-102)74-34-20-32-68(56-74)67-31-19-33-73(55-67)79-39-21-41-83-87-59-71(47-53-93(87)111-95(79)83)69-45-51-89-85(57-69)81-49-43-75(61-91(81)109(89)77-35-15-5-16-36-77)101-105-97(64-25-9-2-10-26-64)103-98(106-101)65-27-11-3-12-28-65/h1-62H. The number of hydrogen-bond acceptors (Lipinski definition) is 8. The van der Waals surface area contributed by atoms with Gasteiger partial charge in [0.15, 0.2) is 34.9 Å². The van der Waals surface area contributed by atoms with E-state index in [2.05, 4.69) is 306 Å². The first kappa shape index (κ1) is 64.3. The molecule has 0 radical (unpaired) electrons. The maximum Gasteiger partial charge on any atom is 0.164 e. The molecule has 6 aromatic heterocycles. The lowest BCUT2D eigenvalue weighted by Gasteiger charge is -2.11. The second-order valence-electron chi connectivity index (χ2n) is 28.5. The Balaban J connectivity index is 0.595. The number of benzene rings is 16. The molecule has 112 heavy (non-hydrogen) atoms. The summed E-state index contributed by atoms with van der Waals surface area (Å²) in [4.78, 5) is 31.1. The topological polar surface area (TPSA) is 100 Å². The van der Waals surface area contributed by atoms with Gasteiger partial charge in [-0.15, -0.1) is 11.3 Å². The Morgan fingerprint density at radius 1 is 0.205 bits per heavy atom. The van der Waals surface area contributed by atoms with Crippen molar-refractivity contribution < 1.29 is 4.42 Å². The highest BCUT2D eigenvalue weighted by Gasteiger charge is 2.23. The molecule has 0 saturated heterocycles. The summed E-state index contributed by atoms with van der Waals surface area (Å²) in [6.07, 6.45) is 0. The number of para-hydroxylation sites is 3. The zero-order valence-corrected chi connectivity index (χ0v) is 61.0. The minimum Gasteiger partial charge on any atom is -0.455 e. The summed E-state index contributed by atoms with van der Waals surface area (Å²) in [6, 6.07) is 133. The van der Waals surface area contributed by atoms with Crippen molar-refractivity contribution in [2.45, 2.75) is 0 Å². The molecule has 16 aromatic carbocycles. The number of thiophene rings is 1. The van der Waals surface area contributed by atoms with Gasteiger partial charge in [0.25, 0.3) is 0 Å². The Kier molecular flexibility index (Phi) is 15.2. The van der Waals surface area contributed by atoms with Gasteiger partial charge in [0.2, 0.25) is 0 Å². The highest BCUT2D eigenvalue weighted by Crippen LogP contribution is 2.46. The molecule has 0 saturated carbocycles. The summed E-state index contributed by atoms with van der Waals surface area (Å²) in [5, 5.41) is 9.20. The van der Waals surface area contributed by atoms with Gasteiger partial charge in [0, 0.05) is 103 Å². The van der Waals surface area contributed by atoms with E-state index in [0.29, 0.717) is 34.9 Å². The van der Waals surface area contributed by atoms with E-state index in [0.717, 1.165) is 149 Å². The third-order valence-electron chi connectivity index (χ3n) is 21.8. The first-order chi connectivity index (χ1) is 55.5. The highest BCUT2D eigenvalue weighted by molar-refractivity contribution is 7.26. The summed E-state index contributed by atoms with van der Waals surface area (Å²) in [6.45, 7) is 0. The zero-order chi connectivity index (χ0) is 73.7. The Morgan fingerprint density at radius 2 is 0.562 bits per heavy atom. The number of nitrogens with zero attached hydrogens (tertiary/aromatic N) is 8. The molecule has 22 rings (SSSR count). The maximum absolute atomic E-state index is 6.92. The van der Waals surface area contributed by atoms with Crippen molar-refractivity contribution in [2.24, 2.45) is 0 Å². The van der Waals surface area contributed by atoms with Crippen molar-refractivity contribution in [3.05, 3.63) is 376 Å². The number of aromatic nitrogens is 8. The van der Waals surface area contributed by atoms with Crippen LogP contribution in [0.4, 0.5) is 0 Å². The van der Waals surface area contributed by atoms with Crippen LogP contribution in [-0.2, 0) is 0 Å². The Bertz CT molecular complexity index is 7420. The van der Waals surface area contributed by atoms with Crippen molar-refractivity contribution in [2.75, 3.05) is 0 Å². The monoisotopic (exact) mass is 1450 g/mol. The molecule has 0 unspecified atom stereocenters. The van der Waals surface area contributed by atoms with Crippen LogP contribution >= 0.6 is 11.3 Å². The molecule has 0 atom stereocenters. The molecule has 522 valence electrons. The highest BCUT2D eigenvalue weighted by atomic mass is 32.1. The summed E-state index contributed by atoms with van der Waals surface area (Å²) in [5.74, 6) is 3.60. The average molecular weight is 1450 g/mol. The van der Waals surface area contributed by atoms with Crippen molar-refractivity contribution in [1.29, 1.82) is 0 Å². The van der Waals surface area contributed by atoms with E-state index in [9.17, 15) is 0 Å². The zero-order valence-electron chi connectivity index (χ0n) is 60.2. The first-order valence-electron chi connectivity index (χ1n) is 37.6. The summed E-state index contributed by atoms with van der Waals surface area (Å²) < 4.78 is 14.2. The van der Waals surface area contributed by atoms with Gasteiger partial charge in [-0.05, 0) is 147 Å². The Labute approximate surface area is 647 Å². The predicted molar refractivity (Wildman–Crippen MR) is 462 cm³/mol. The van der Waals surface area contributed by atoms with Crippen LogP contribution in [-0.4, -0.2) is 39.0 Å². The van der Waals surface area contributed by atoms with Crippen LogP contribution in [0.1, 0.15) is 0 Å². The SMILES string of the molecule is c1ccc(-c2nc(-c3ccccc3)nc(-c3ccc4c5cc(-c6ccc7oc8c(-c9cccc(-c%10cccc(-c%11nc(-c%12ccccc%12)nc(-c%12ccc%13c%14cc(-c%15ccc%16sc%17c(-c%18ccccc%18)cccc%17c%16c%15)ccc%14n(-c%14ccccc%14)c%13c%12)n%11)c%10)c9)cccc8c7c6)ccc5n(-c5ccccc5)c4c3)n2)cc1. The molecule has 6 heterocycles. The van der Waals surface area contributed by atoms with Crippen molar-refractivity contribution in [3.8, 4) is 135 Å². The molecule has 0 fully saturated rings. The maximum atomic E-state index is 6.92. The second-order valence-corrected chi connectivity index (χ2v) is 29.6. The van der Waals surface area contributed by atoms with Crippen LogP contribution in [0.3, 0.4) is 0 Å². The lowest BCUT2D eigenvalue weighted by Crippen LogP contribution is -2.00. The fourth-order valence-corrected chi connectivity index (χ4v) is 17.6. The van der Waals surface area contributed by atoms with E-state index in [4.69, 9.17) is 34.3 Å². The van der Waals surface area contributed by atoms with E-state index < -0.39 is 0 Å². The van der Waals surface area contributed by atoms with E-state index in [1.807, 2.05) is 90.2 Å². The van der Waals surface area contributed by atoms with E-state index in [-0.39, 0.29) is 0 Å². The van der Waals surface area contributed by atoms with Gasteiger partial charge < -0.3 is 13.6 Å². The molecule has 0 amide bonds. The first-order valence-corrected chi connectivity index (χ1v) is 38.4. The van der Waals surface area contributed by atoms with Gasteiger partial charge in [-0.2, -0.15) is 0 Å². The number of furan rings is 1. The van der Waals surface area contributed by atoms with Crippen LogP contribution in [0.15, 0.2) is 381 Å². The third-order valence-corrected chi connectivity index (χ3v) is 23.0. The number of hydrogen-bond donors (Lipinski definition) is 0.